The number of aryl methyl sites for hydroxylation is 1. The summed E-state index contributed by atoms with van der Waals surface area (Å²) in [5.74, 6) is 0.606. The molecule has 0 aliphatic rings. The molecule has 0 unspecified atom stereocenters. The molecule has 0 aliphatic carbocycles. The van der Waals surface area contributed by atoms with E-state index in [-0.39, 0.29) is 5.91 Å². The van der Waals surface area contributed by atoms with Crippen molar-refractivity contribution >= 4 is 5.91 Å². The van der Waals surface area contributed by atoms with Crippen molar-refractivity contribution in [2.45, 2.75) is 66.8 Å². The van der Waals surface area contributed by atoms with Gasteiger partial charge in [-0.2, -0.15) is 5.10 Å². The van der Waals surface area contributed by atoms with Crippen molar-refractivity contribution in [2.75, 3.05) is 0 Å². The molecule has 1 heterocycles. The van der Waals surface area contributed by atoms with E-state index in [0.29, 0.717) is 32.1 Å². The van der Waals surface area contributed by atoms with Crippen molar-refractivity contribution in [2.24, 2.45) is 5.92 Å². The summed E-state index contributed by atoms with van der Waals surface area (Å²) >= 11 is 0. The van der Waals surface area contributed by atoms with Gasteiger partial charge in [-0.1, -0.05) is 68.4 Å². The Morgan fingerprint density at radius 3 is 2.44 bits per heavy atom. The molecule has 1 amide bonds. The van der Waals surface area contributed by atoms with Crippen LogP contribution < -0.4 is 5.32 Å². The summed E-state index contributed by atoms with van der Waals surface area (Å²) in [7, 11) is 0. The monoisotopic (exact) mass is 433 g/mol. The Morgan fingerprint density at radius 1 is 1.00 bits per heavy atom. The van der Waals surface area contributed by atoms with Gasteiger partial charge in [0.1, 0.15) is 0 Å². The second kappa shape index (κ2) is 11.6. The Bertz CT molecular complexity index is 1010. The zero-order valence-corrected chi connectivity index (χ0v) is 19.7. The number of nitrogens with zero attached hydrogens (tertiary/aromatic N) is 2. The largest absolute Gasteiger partial charge is 0.372 e. The van der Waals surface area contributed by atoms with E-state index in [1.807, 2.05) is 37.3 Å². The number of carbonyl (C=O) groups excluding carboxylic acids is 1. The first-order valence-electron chi connectivity index (χ1n) is 11.4. The van der Waals surface area contributed by atoms with Gasteiger partial charge in [-0.05, 0) is 48.4 Å². The maximum atomic E-state index is 12.4. The number of amides is 1. The maximum Gasteiger partial charge on any atom is 0.220 e. The molecule has 0 saturated carbocycles. The molecule has 0 spiro atoms. The van der Waals surface area contributed by atoms with Gasteiger partial charge in [-0.25, -0.2) is 0 Å². The first kappa shape index (κ1) is 23.7. The quantitative estimate of drug-likeness (QED) is 0.456. The molecule has 0 aliphatic heterocycles. The van der Waals surface area contributed by atoms with Crippen molar-refractivity contribution in [1.29, 1.82) is 0 Å². The molecule has 5 heteroatoms. The molecule has 1 N–H and O–H groups in total. The first-order chi connectivity index (χ1) is 15.4. The van der Waals surface area contributed by atoms with Crippen molar-refractivity contribution in [3.8, 4) is 0 Å². The summed E-state index contributed by atoms with van der Waals surface area (Å²) in [6, 6.07) is 18.3. The van der Waals surface area contributed by atoms with Crippen LogP contribution in [0.5, 0.6) is 0 Å². The maximum absolute atomic E-state index is 12.4. The van der Waals surface area contributed by atoms with Crippen molar-refractivity contribution in [3.05, 3.63) is 88.2 Å². The zero-order chi connectivity index (χ0) is 22.9. The van der Waals surface area contributed by atoms with E-state index < -0.39 is 0 Å². The number of hydrogen-bond donors (Lipinski definition) is 1. The van der Waals surface area contributed by atoms with E-state index in [9.17, 15) is 4.79 Å². The van der Waals surface area contributed by atoms with Crippen LogP contribution in [0, 0.1) is 19.8 Å². The van der Waals surface area contributed by atoms with Gasteiger partial charge < -0.3 is 10.1 Å². The number of aromatic nitrogens is 2. The lowest BCUT2D eigenvalue weighted by Crippen LogP contribution is -2.23. The van der Waals surface area contributed by atoms with E-state index >= 15 is 0 Å². The summed E-state index contributed by atoms with van der Waals surface area (Å²) in [5.41, 5.74) is 6.74. The van der Waals surface area contributed by atoms with Gasteiger partial charge in [0.25, 0.3) is 0 Å². The lowest BCUT2D eigenvalue weighted by molar-refractivity contribution is -0.121. The SMILES string of the molecule is Cc1nn(CC(C)C)c(C)c1CCC(=O)NCc1cccc(COCc2ccccc2)c1. The smallest absolute Gasteiger partial charge is 0.220 e. The van der Waals surface area contributed by atoms with Gasteiger partial charge in [0, 0.05) is 25.2 Å². The Balaban J connectivity index is 1.45. The Kier molecular flexibility index (Phi) is 8.63. The molecular weight excluding hydrogens is 398 g/mol. The highest BCUT2D eigenvalue weighted by atomic mass is 16.5. The van der Waals surface area contributed by atoms with E-state index in [1.54, 1.807) is 0 Å². The van der Waals surface area contributed by atoms with Crippen molar-refractivity contribution in [1.82, 2.24) is 15.1 Å². The topological polar surface area (TPSA) is 56.2 Å². The zero-order valence-electron chi connectivity index (χ0n) is 19.7. The van der Waals surface area contributed by atoms with Crippen LogP contribution in [0.3, 0.4) is 0 Å². The molecular formula is C27H35N3O2. The Hall–Kier alpha value is -2.92. The number of hydrogen-bond acceptors (Lipinski definition) is 3. The average Bonchev–Trinajstić information content (AvgIpc) is 3.03. The minimum Gasteiger partial charge on any atom is -0.372 e. The van der Waals surface area contributed by atoms with Gasteiger partial charge in [-0.3, -0.25) is 9.48 Å². The summed E-state index contributed by atoms with van der Waals surface area (Å²) in [6.45, 7) is 11.1. The number of carbonyl (C=O) groups is 1. The summed E-state index contributed by atoms with van der Waals surface area (Å²) < 4.78 is 7.89. The normalized spacial score (nSPS) is 11.2. The molecule has 3 rings (SSSR count). The van der Waals surface area contributed by atoms with Gasteiger partial charge in [0.05, 0.1) is 18.9 Å². The lowest BCUT2D eigenvalue weighted by Gasteiger charge is -2.09. The third kappa shape index (κ3) is 7.06. The molecule has 0 radical (unpaired) electrons. The fourth-order valence-corrected chi connectivity index (χ4v) is 3.84. The van der Waals surface area contributed by atoms with E-state index in [2.05, 4.69) is 60.1 Å². The second-order valence-electron chi connectivity index (χ2n) is 8.80. The van der Waals surface area contributed by atoms with Crippen molar-refractivity contribution < 1.29 is 9.53 Å². The Morgan fingerprint density at radius 2 is 1.69 bits per heavy atom. The fourth-order valence-electron chi connectivity index (χ4n) is 3.84. The molecule has 5 nitrogen and oxygen atoms in total. The number of benzene rings is 2. The second-order valence-corrected chi connectivity index (χ2v) is 8.80. The van der Waals surface area contributed by atoms with Crippen LogP contribution in [-0.4, -0.2) is 15.7 Å². The highest BCUT2D eigenvalue weighted by Gasteiger charge is 2.13. The van der Waals surface area contributed by atoms with Crippen LogP contribution in [0.4, 0.5) is 0 Å². The van der Waals surface area contributed by atoms with Crippen LogP contribution in [0.25, 0.3) is 0 Å². The molecule has 0 atom stereocenters. The van der Waals surface area contributed by atoms with Gasteiger partial charge in [-0.15, -0.1) is 0 Å². The third-order valence-corrected chi connectivity index (χ3v) is 5.53. The van der Waals surface area contributed by atoms with Crippen LogP contribution in [0.2, 0.25) is 0 Å². The molecule has 0 bridgehead atoms. The number of ether oxygens (including phenoxy) is 1. The van der Waals surface area contributed by atoms with Crippen LogP contribution in [-0.2, 0) is 42.3 Å². The van der Waals surface area contributed by atoms with Crippen LogP contribution in [0.1, 0.15) is 53.9 Å². The predicted molar refractivity (Wildman–Crippen MR) is 128 cm³/mol. The summed E-state index contributed by atoms with van der Waals surface area (Å²) in [6.07, 6.45) is 1.18. The van der Waals surface area contributed by atoms with E-state index in [1.165, 1.54) is 11.3 Å². The molecule has 170 valence electrons. The standard InChI is InChI=1S/C27H35N3O2/c1-20(2)17-30-22(4)26(21(3)29-30)13-14-27(31)28-16-24-11-8-12-25(15-24)19-32-18-23-9-6-5-7-10-23/h5-12,15,20H,13-14,16-19H2,1-4H3,(H,28,31). The van der Waals surface area contributed by atoms with Gasteiger partial charge in [0.15, 0.2) is 0 Å². The molecule has 32 heavy (non-hydrogen) atoms. The highest BCUT2D eigenvalue weighted by molar-refractivity contribution is 5.76. The highest BCUT2D eigenvalue weighted by Crippen LogP contribution is 2.16. The van der Waals surface area contributed by atoms with Crippen molar-refractivity contribution in [3.63, 3.8) is 0 Å². The van der Waals surface area contributed by atoms with E-state index in [0.717, 1.165) is 35.3 Å². The molecule has 3 aromatic rings. The molecule has 1 aromatic heterocycles. The average molecular weight is 434 g/mol. The fraction of sp³-hybridized carbons (Fsp3) is 0.407. The molecule has 0 fully saturated rings. The first-order valence-corrected chi connectivity index (χ1v) is 11.4. The summed E-state index contributed by atoms with van der Waals surface area (Å²) in [4.78, 5) is 12.4. The number of nitrogens with one attached hydrogen (secondary N) is 1. The summed E-state index contributed by atoms with van der Waals surface area (Å²) in [5, 5.41) is 7.70. The van der Waals surface area contributed by atoms with Gasteiger partial charge >= 0.3 is 0 Å². The Labute approximate surface area is 191 Å². The van der Waals surface area contributed by atoms with Crippen LogP contribution >= 0.6 is 0 Å². The third-order valence-electron chi connectivity index (χ3n) is 5.53. The predicted octanol–water partition coefficient (Wildman–Crippen LogP) is 5.12. The minimum absolute atomic E-state index is 0.0612. The molecule has 0 saturated heterocycles. The molecule has 2 aromatic carbocycles. The minimum atomic E-state index is 0.0612. The van der Waals surface area contributed by atoms with Crippen LogP contribution in [0.15, 0.2) is 54.6 Å². The lowest BCUT2D eigenvalue weighted by atomic mass is 10.1. The van der Waals surface area contributed by atoms with E-state index in [4.69, 9.17) is 4.74 Å². The number of rotatable bonds is 11. The van der Waals surface area contributed by atoms with Gasteiger partial charge in [0.2, 0.25) is 5.91 Å².